The van der Waals surface area contributed by atoms with Crippen molar-refractivity contribution in [3.8, 4) is 17.4 Å². The van der Waals surface area contributed by atoms with Crippen molar-refractivity contribution in [2.75, 3.05) is 30.5 Å². The molecule has 0 aliphatic heterocycles. The maximum Gasteiger partial charge on any atom is 0.234 e. The molecule has 1 heterocycles. The summed E-state index contributed by atoms with van der Waals surface area (Å²) < 4.78 is 10.9. The SMILES string of the molecule is COc1ccccc1Oc1ccc(NC(=O)CSCCN)cn1. The third kappa shape index (κ3) is 5.46. The first kappa shape index (κ1) is 17.1. The topological polar surface area (TPSA) is 86.5 Å². The molecule has 0 aliphatic carbocycles. The van der Waals surface area contributed by atoms with Gasteiger partial charge in [0.1, 0.15) is 0 Å². The molecule has 1 amide bonds. The molecule has 6 nitrogen and oxygen atoms in total. The molecular formula is C16H19N3O3S. The van der Waals surface area contributed by atoms with Crippen molar-refractivity contribution in [1.29, 1.82) is 0 Å². The molecule has 0 fully saturated rings. The van der Waals surface area contributed by atoms with Crippen LogP contribution in [0, 0.1) is 0 Å². The van der Waals surface area contributed by atoms with Crippen LogP contribution in [0.2, 0.25) is 0 Å². The highest BCUT2D eigenvalue weighted by Gasteiger charge is 2.06. The molecule has 1 aromatic carbocycles. The predicted molar refractivity (Wildman–Crippen MR) is 92.3 cm³/mol. The van der Waals surface area contributed by atoms with E-state index in [4.69, 9.17) is 15.2 Å². The smallest absolute Gasteiger partial charge is 0.234 e. The van der Waals surface area contributed by atoms with Gasteiger partial charge >= 0.3 is 0 Å². The fraction of sp³-hybridized carbons (Fsp3) is 0.250. The van der Waals surface area contributed by atoms with E-state index in [0.29, 0.717) is 35.4 Å². The number of rotatable bonds is 8. The molecule has 2 aromatic rings. The van der Waals surface area contributed by atoms with Gasteiger partial charge in [0.2, 0.25) is 11.8 Å². The normalized spacial score (nSPS) is 10.2. The molecule has 0 spiro atoms. The summed E-state index contributed by atoms with van der Waals surface area (Å²) in [5.41, 5.74) is 6.00. The van der Waals surface area contributed by atoms with Crippen molar-refractivity contribution in [1.82, 2.24) is 4.98 Å². The number of amides is 1. The lowest BCUT2D eigenvalue weighted by Crippen LogP contribution is -2.15. The minimum Gasteiger partial charge on any atom is -0.493 e. The van der Waals surface area contributed by atoms with Crippen LogP contribution in [0.3, 0.4) is 0 Å². The minimum atomic E-state index is -0.0800. The number of pyridine rings is 1. The molecule has 3 N–H and O–H groups in total. The second-order valence-corrected chi connectivity index (χ2v) is 5.63. The Morgan fingerprint density at radius 1 is 1.26 bits per heavy atom. The first-order valence-electron chi connectivity index (χ1n) is 7.07. The zero-order chi connectivity index (χ0) is 16.5. The Hall–Kier alpha value is -2.25. The molecule has 0 saturated carbocycles. The minimum absolute atomic E-state index is 0.0800. The second-order valence-electron chi connectivity index (χ2n) is 4.53. The second kappa shape index (κ2) is 9.02. The molecule has 0 bridgehead atoms. The van der Waals surface area contributed by atoms with Crippen LogP contribution in [-0.2, 0) is 4.79 Å². The lowest BCUT2D eigenvalue weighted by Gasteiger charge is -2.10. The largest absolute Gasteiger partial charge is 0.493 e. The Labute approximate surface area is 139 Å². The van der Waals surface area contributed by atoms with Crippen molar-refractivity contribution in [2.24, 2.45) is 5.73 Å². The molecule has 122 valence electrons. The van der Waals surface area contributed by atoms with Crippen LogP contribution in [-0.4, -0.2) is 36.1 Å². The van der Waals surface area contributed by atoms with E-state index in [0.717, 1.165) is 5.75 Å². The van der Waals surface area contributed by atoms with E-state index >= 15 is 0 Å². The van der Waals surface area contributed by atoms with Crippen molar-refractivity contribution >= 4 is 23.4 Å². The van der Waals surface area contributed by atoms with E-state index in [1.807, 2.05) is 18.2 Å². The van der Waals surface area contributed by atoms with Gasteiger partial charge in [0, 0.05) is 18.4 Å². The summed E-state index contributed by atoms with van der Waals surface area (Å²) in [5, 5.41) is 2.77. The number of benzene rings is 1. The number of nitrogens with two attached hydrogens (primary N) is 1. The van der Waals surface area contributed by atoms with Crippen LogP contribution in [0.15, 0.2) is 42.6 Å². The summed E-state index contributed by atoms with van der Waals surface area (Å²) in [6.07, 6.45) is 1.55. The van der Waals surface area contributed by atoms with Gasteiger partial charge < -0.3 is 20.5 Å². The van der Waals surface area contributed by atoms with Gasteiger partial charge in [0.25, 0.3) is 0 Å². The predicted octanol–water partition coefficient (Wildman–Crippen LogP) is 2.51. The number of carbonyl (C=O) groups is 1. The third-order valence-electron chi connectivity index (χ3n) is 2.80. The van der Waals surface area contributed by atoms with Gasteiger partial charge in [0.05, 0.1) is 24.7 Å². The molecule has 7 heteroatoms. The number of thioether (sulfide) groups is 1. The van der Waals surface area contributed by atoms with Crippen LogP contribution in [0.5, 0.6) is 17.4 Å². The monoisotopic (exact) mass is 333 g/mol. The van der Waals surface area contributed by atoms with Crippen LogP contribution in [0.25, 0.3) is 0 Å². The highest BCUT2D eigenvalue weighted by molar-refractivity contribution is 7.99. The highest BCUT2D eigenvalue weighted by atomic mass is 32.2. The number of methoxy groups -OCH3 is 1. The molecule has 2 rings (SSSR count). The number of aromatic nitrogens is 1. The Kier molecular flexibility index (Phi) is 6.71. The molecular weight excluding hydrogens is 314 g/mol. The third-order valence-corrected chi connectivity index (χ3v) is 3.79. The van der Waals surface area contributed by atoms with Crippen molar-refractivity contribution in [3.63, 3.8) is 0 Å². The number of para-hydroxylation sites is 2. The fourth-order valence-electron chi connectivity index (χ4n) is 1.78. The first-order chi connectivity index (χ1) is 11.2. The maximum absolute atomic E-state index is 11.7. The number of hydrogen-bond donors (Lipinski definition) is 2. The van der Waals surface area contributed by atoms with Gasteiger partial charge in [-0.05, 0) is 18.2 Å². The molecule has 0 atom stereocenters. The van der Waals surface area contributed by atoms with E-state index in [-0.39, 0.29) is 5.91 Å². The maximum atomic E-state index is 11.7. The van der Waals surface area contributed by atoms with Crippen molar-refractivity contribution in [3.05, 3.63) is 42.6 Å². The molecule has 0 aliphatic rings. The quantitative estimate of drug-likeness (QED) is 0.722. The number of nitrogens with one attached hydrogen (secondary N) is 1. The van der Waals surface area contributed by atoms with Crippen LogP contribution < -0.4 is 20.5 Å². The van der Waals surface area contributed by atoms with Gasteiger partial charge in [-0.2, -0.15) is 11.8 Å². The van der Waals surface area contributed by atoms with E-state index in [9.17, 15) is 4.79 Å². The number of ether oxygens (including phenoxy) is 2. The van der Waals surface area contributed by atoms with E-state index < -0.39 is 0 Å². The van der Waals surface area contributed by atoms with Crippen molar-refractivity contribution in [2.45, 2.75) is 0 Å². The summed E-state index contributed by atoms with van der Waals surface area (Å²) in [7, 11) is 1.58. The number of nitrogens with zero attached hydrogens (tertiary/aromatic N) is 1. The van der Waals surface area contributed by atoms with Crippen LogP contribution >= 0.6 is 11.8 Å². The molecule has 1 aromatic heterocycles. The van der Waals surface area contributed by atoms with E-state index in [1.165, 1.54) is 11.8 Å². The zero-order valence-electron chi connectivity index (χ0n) is 12.8. The number of carbonyl (C=O) groups excluding carboxylic acids is 1. The molecule has 0 saturated heterocycles. The molecule has 0 unspecified atom stereocenters. The lowest BCUT2D eigenvalue weighted by atomic mass is 10.3. The van der Waals surface area contributed by atoms with Gasteiger partial charge in [0.15, 0.2) is 11.5 Å². The Balaban J connectivity index is 1.93. The lowest BCUT2D eigenvalue weighted by molar-refractivity contribution is -0.113. The van der Waals surface area contributed by atoms with Crippen LogP contribution in [0.4, 0.5) is 5.69 Å². The van der Waals surface area contributed by atoms with E-state index in [2.05, 4.69) is 10.3 Å². The first-order valence-corrected chi connectivity index (χ1v) is 8.23. The molecule has 0 radical (unpaired) electrons. The van der Waals surface area contributed by atoms with Gasteiger partial charge in [-0.15, -0.1) is 0 Å². The summed E-state index contributed by atoms with van der Waals surface area (Å²) >= 11 is 1.49. The highest BCUT2D eigenvalue weighted by Crippen LogP contribution is 2.30. The van der Waals surface area contributed by atoms with Crippen LogP contribution in [0.1, 0.15) is 0 Å². The molecule has 23 heavy (non-hydrogen) atoms. The fourth-order valence-corrected chi connectivity index (χ4v) is 2.34. The Morgan fingerprint density at radius 2 is 2.04 bits per heavy atom. The number of anilines is 1. The summed E-state index contributed by atoms with van der Waals surface area (Å²) in [5.74, 6) is 2.68. The standard InChI is InChI=1S/C16H19N3O3S/c1-21-13-4-2-3-5-14(13)22-16-7-6-12(10-18-16)19-15(20)11-23-9-8-17/h2-7,10H,8-9,11,17H2,1H3,(H,19,20). The summed E-state index contributed by atoms with van der Waals surface area (Å²) in [6, 6.07) is 10.7. The van der Waals surface area contributed by atoms with Gasteiger partial charge in [-0.3, -0.25) is 4.79 Å². The average Bonchev–Trinajstić information content (AvgIpc) is 2.57. The average molecular weight is 333 g/mol. The zero-order valence-corrected chi connectivity index (χ0v) is 13.6. The number of hydrogen-bond acceptors (Lipinski definition) is 6. The van der Waals surface area contributed by atoms with Gasteiger partial charge in [-0.25, -0.2) is 4.98 Å². The van der Waals surface area contributed by atoms with E-state index in [1.54, 1.807) is 31.5 Å². The van der Waals surface area contributed by atoms with Crippen molar-refractivity contribution < 1.29 is 14.3 Å². The summed E-state index contributed by atoms with van der Waals surface area (Å²) in [4.78, 5) is 15.9. The van der Waals surface area contributed by atoms with Gasteiger partial charge in [-0.1, -0.05) is 12.1 Å². The Bertz CT molecular complexity index is 635. The Morgan fingerprint density at radius 3 is 2.70 bits per heavy atom. The summed E-state index contributed by atoms with van der Waals surface area (Å²) in [6.45, 7) is 0.564.